The van der Waals surface area contributed by atoms with Crippen molar-refractivity contribution in [2.75, 3.05) is 0 Å². The van der Waals surface area contributed by atoms with Gasteiger partial charge in [0.15, 0.2) is 0 Å². The predicted molar refractivity (Wildman–Crippen MR) is 71.3 cm³/mol. The fraction of sp³-hybridized carbons (Fsp3) is 0.0769. The number of rotatable bonds is 2. The molecule has 2 rings (SSSR count). The van der Waals surface area contributed by atoms with Crippen LogP contribution in [0.3, 0.4) is 0 Å². The maximum absolute atomic E-state index is 14.3. The Balaban J connectivity index is 2.53. The van der Waals surface area contributed by atoms with Crippen molar-refractivity contribution in [1.29, 1.82) is 0 Å². The highest BCUT2D eigenvalue weighted by Crippen LogP contribution is 2.39. The van der Waals surface area contributed by atoms with Gasteiger partial charge >= 0.3 is 0 Å². The van der Waals surface area contributed by atoms with Gasteiger partial charge in [-0.25, -0.2) is 0 Å². The summed E-state index contributed by atoms with van der Waals surface area (Å²) in [5, 5.41) is 0. The number of hydrogen-bond acceptors (Lipinski definition) is 0. The van der Waals surface area contributed by atoms with Crippen LogP contribution >= 0.6 is 31.9 Å². The SMILES string of the molecule is FC(F)(c1cccc(Br)c1)c1ccccc1Br. The van der Waals surface area contributed by atoms with Gasteiger partial charge in [-0.2, -0.15) is 8.78 Å². The second-order valence-corrected chi connectivity index (χ2v) is 5.33. The van der Waals surface area contributed by atoms with Gasteiger partial charge in [0.05, 0.1) is 0 Å². The van der Waals surface area contributed by atoms with Crippen molar-refractivity contribution in [2.45, 2.75) is 5.92 Å². The first-order valence-corrected chi connectivity index (χ1v) is 6.49. The van der Waals surface area contributed by atoms with Crippen molar-refractivity contribution in [3.8, 4) is 0 Å². The van der Waals surface area contributed by atoms with Crippen LogP contribution in [0.2, 0.25) is 0 Å². The third-order valence-corrected chi connectivity index (χ3v) is 3.58. The quantitative estimate of drug-likeness (QED) is 0.676. The van der Waals surface area contributed by atoms with Gasteiger partial charge in [0, 0.05) is 20.1 Å². The van der Waals surface area contributed by atoms with Crippen LogP contribution in [0.1, 0.15) is 11.1 Å². The van der Waals surface area contributed by atoms with Crippen molar-refractivity contribution < 1.29 is 8.78 Å². The number of hydrogen-bond donors (Lipinski definition) is 0. The van der Waals surface area contributed by atoms with Gasteiger partial charge < -0.3 is 0 Å². The lowest BCUT2D eigenvalue weighted by Gasteiger charge is -2.18. The second kappa shape index (κ2) is 4.86. The van der Waals surface area contributed by atoms with Gasteiger partial charge in [-0.1, -0.05) is 62.2 Å². The van der Waals surface area contributed by atoms with E-state index in [-0.39, 0.29) is 11.1 Å². The number of benzene rings is 2. The van der Waals surface area contributed by atoms with Gasteiger partial charge in [0.1, 0.15) is 0 Å². The van der Waals surface area contributed by atoms with E-state index < -0.39 is 5.92 Å². The summed E-state index contributed by atoms with van der Waals surface area (Å²) in [6, 6.07) is 12.5. The third-order valence-electron chi connectivity index (χ3n) is 2.40. The van der Waals surface area contributed by atoms with E-state index in [4.69, 9.17) is 0 Å². The first-order chi connectivity index (χ1) is 8.01. The number of alkyl halides is 2. The second-order valence-electron chi connectivity index (χ2n) is 3.56. The minimum absolute atomic E-state index is 0.0289. The molecule has 0 unspecified atom stereocenters. The maximum atomic E-state index is 14.3. The summed E-state index contributed by atoms with van der Waals surface area (Å²) >= 11 is 6.36. The molecule has 0 aromatic heterocycles. The summed E-state index contributed by atoms with van der Waals surface area (Å²) in [6.07, 6.45) is 0. The van der Waals surface area contributed by atoms with Crippen LogP contribution in [0, 0.1) is 0 Å². The molecule has 0 aliphatic heterocycles. The van der Waals surface area contributed by atoms with Gasteiger partial charge in [0.25, 0.3) is 5.92 Å². The van der Waals surface area contributed by atoms with E-state index >= 15 is 0 Å². The highest BCUT2D eigenvalue weighted by molar-refractivity contribution is 9.10. The van der Waals surface area contributed by atoms with E-state index in [0.717, 1.165) is 0 Å². The molecule has 0 radical (unpaired) electrons. The molecule has 2 aromatic rings. The molecule has 0 heterocycles. The molecule has 0 spiro atoms. The van der Waals surface area contributed by atoms with E-state index in [9.17, 15) is 8.78 Å². The molecule has 0 aliphatic carbocycles. The summed E-state index contributed by atoms with van der Waals surface area (Å²) in [7, 11) is 0. The molecule has 88 valence electrons. The predicted octanol–water partition coefficient (Wildman–Crippen LogP) is 5.35. The largest absolute Gasteiger partial charge is 0.299 e. The zero-order chi connectivity index (χ0) is 12.5. The molecule has 0 saturated carbocycles. The molecule has 0 fully saturated rings. The van der Waals surface area contributed by atoms with Crippen molar-refractivity contribution in [2.24, 2.45) is 0 Å². The van der Waals surface area contributed by atoms with Crippen molar-refractivity contribution >= 4 is 31.9 Å². The molecule has 2 aromatic carbocycles. The summed E-state index contributed by atoms with van der Waals surface area (Å²) in [4.78, 5) is 0. The average Bonchev–Trinajstić information content (AvgIpc) is 2.29. The molecule has 0 amide bonds. The van der Waals surface area contributed by atoms with Crippen molar-refractivity contribution in [3.63, 3.8) is 0 Å². The number of halogens is 4. The molecule has 0 saturated heterocycles. The Labute approximate surface area is 115 Å². The minimum atomic E-state index is -3.01. The zero-order valence-electron chi connectivity index (χ0n) is 8.63. The lowest BCUT2D eigenvalue weighted by atomic mass is 10.0. The summed E-state index contributed by atoms with van der Waals surface area (Å²) < 4.78 is 29.6. The Morgan fingerprint density at radius 1 is 0.882 bits per heavy atom. The lowest BCUT2D eigenvalue weighted by Crippen LogP contribution is -2.15. The molecule has 4 heteroatoms. The van der Waals surface area contributed by atoms with Crippen LogP contribution in [-0.4, -0.2) is 0 Å². The first-order valence-electron chi connectivity index (χ1n) is 4.90. The normalized spacial score (nSPS) is 11.5. The summed E-state index contributed by atoms with van der Waals surface area (Å²) in [6.45, 7) is 0. The van der Waals surface area contributed by atoms with E-state index in [0.29, 0.717) is 8.95 Å². The molecular weight excluding hydrogens is 354 g/mol. The van der Waals surface area contributed by atoms with E-state index in [1.165, 1.54) is 18.2 Å². The zero-order valence-corrected chi connectivity index (χ0v) is 11.8. The Hall–Kier alpha value is -0.740. The topological polar surface area (TPSA) is 0 Å². The van der Waals surface area contributed by atoms with Crippen LogP contribution in [0.4, 0.5) is 8.78 Å². The lowest BCUT2D eigenvalue weighted by molar-refractivity contribution is 0.0420. The Morgan fingerprint density at radius 2 is 1.59 bits per heavy atom. The minimum Gasteiger partial charge on any atom is -0.196 e. The first kappa shape index (κ1) is 12.7. The molecule has 17 heavy (non-hydrogen) atoms. The standard InChI is InChI=1S/C13H8Br2F2/c14-10-5-3-4-9(8-10)13(16,17)11-6-1-2-7-12(11)15/h1-8H. The van der Waals surface area contributed by atoms with Crippen LogP contribution in [0.5, 0.6) is 0 Å². The van der Waals surface area contributed by atoms with Crippen LogP contribution < -0.4 is 0 Å². The van der Waals surface area contributed by atoms with Crippen LogP contribution in [-0.2, 0) is 5.92 Å². The summed E-state index contributed by atoms with van der Waals surface area (Å²) in [5.41, 5.74) is -0.0584. The van der Waals surface area contributed by atoms with Crippen molar-refractivity contribution in [3.05, 3.63) is 68.6 Å². The highest BCUT2D eigenvalue weighted by Gasteiger charge is 2.35. The van der Waals surface area contributed by atoms with E-state index in [2.05, 4.69) is 31.9 Å². The van der Waals surface area contributed by atoms with Crippen molar-refractivity contribution in [1.82, 2.24) is 0 Å². The third kappa shape index (κ3) is 2.58. The molecular formula is C13H8Br2F2. The van der Waals surface area contributed by atoms with Gasteiger partial charge in [-0.05, 0) is 18.2 Å². The van der Waals surface area contributed by atoms with Crippen LogP contribution in [0.25, 0.3) is 0 Å². The Kier molecular flexibility index (Phi) is 3.64. The smallest absolute Gasteiger partial charge is 0.196 e. The highest BCUT2D eigenvalue weighted by atomic mass is 79.9. The van der Waals surface area contributed by atoms with E-state index in [1.54, 1.807) is 30.3 Å². The molecule has 0 nitrogen and oxygen atoms in total. The average molecular weight is 362 g/mol. The molecule has 0 bridgehead atoms. The summed E-state index contributed by atoms with van der Waals surface area (Å²) in [5.74, 6) is -3.01. The Morgan fingerprint density at radius 3 is 2.24 bits per heavy atom. The molecule has 0 aliphatic rings. The fourth-order valence-electron chi connectivity index (χ4n) is 1.56. The monoisotopic (exact) mass is 360 g/mol. The maximum Gasteiger partial charge on any atom is 0.299 e. The van der Waals surface area contributed by atoms with Crippen LogP contribution in [0.15, 0.2) is 57.5 Å². The molecule has 0 atom stereocenters. The fourth-order valence-corrected chi connectivity index (χ4v) is 2.49. The van der Waals surface area contributed by atoms with Gasteiger partial charge in [-0.3, -0.25) is 0 Å². The Bertz CT molecular complexity index is 538. The van der Waals surface area contributed by atoms with Gasteiger partial charge in [0.2, 0.25) is 0 Å². The molecule has 0 N–H and O–H groups in total. The van der Waals surface area contributed by atoms with E-state index in [1.807, 2.05) is 0 Å². The van der Waals surface area contributed by atoms with Gasteiger partial charge in [-0.15, -0.1) is 0 Å².